The molecule has 1 heterocycles. The quantitative estimate of drug-likeness (QED) is 0.894. The molecule has 0 bridgehead atoms. The highest BCUT2D eigenvalue weighted by atomic mass is 16.2. The first kappa shape index (κ1) is 11.7. The zero-order chi connectivity index (χ0) is 13.5. The Morgan fingerprint density at radius 1 is 1.25 bits per heavy atom. The fourth-order valence-electron chi connectivity index (χ4n) is 2.78. The number of hydrogen-bond donors (Lipinski definition) is 2. The Labute approximate surface area is 117 Å². The van der Waals surface area contributed by atoms with Gasteiger partial charge in [0.1, 0.15) is 0 Å². The van der Waals surface area contributed by atoms with Gasteiger partial charge in [0.25, 0.3) is 0 Å². The third-order valence-corrected chi connectivity index (χ3v) is 4.22. The lowest BCUT2D eigenvalue weighted by atomic mass is 10.1. The topological polar surface area (TPSA) is 57.8 Å². The first-order chi connectivity index (χ1) is 9.81. The monoisotopic (exact) mass is 267 g/mol. The van der Waals surface area contributed by atoms with Gasteiger partial charge in [-0.05, 0) is 30.7 Å². The van der Waals surface area contributed by atoms with E-state index >= 15 is 0 Å². The standard InChI is InChI=1S/C16H17N3O/c20-16(13-8-12(13)10-4-2-1-3-5-10)17-15-9-14(18-19-15)11-6-7-11/h1-5,9,11-13H,6-8H2,(H2,17,18,19,20). The molecule has 2 N–H and O–H groups in total. The number of H-pyrrole nitrogens is 1. The van der Waals surface area contributed by atoms with Crippen LogP contribution in [0, 0.1) is 5.92 Å². The molecule has 1 aromatic heterocycles. The number of aromatic amines is 1. The molecular weight excluding hydrogens is 250 g/mol. The van der Waals surface area contributed by atoms with Crippen molar-refractivity contribution in [1.29, 1.82) is 0 Å². The van der Waals surface area contributed by atoms with Gasteiger partial charge in [-0.1, -0.05) is 30.3 Å². The number of anilines is 1. The van der Waals surface area contributed by atoms with Crippen molar-refractivity contribution < 1.29 is 4.79 Å². The molecule has 2 aliphatic rings. The van der Waals surface area contributed by atoms with Crippen LogP contribution in [0.3, 0.4) is 0 Å². The number of benzene rings is 1. The maximum Gasteiger partial charge on any atom is 0.229 e. The number of hydrogen-bond acceptors (Lipinski definition) is 2. The summed E-state index contributed by atoms with van der Waals surface area (Å²) in [7, 11) is 0. The van der Waals surface area contributed by atoms with Crippen LogP contribution in [0.25, 0.3) is 0 Å². The fourth-order valence-corrected chi connectivity index (χ4v) is 2.78. The normalized spacial score (nSPS) is 24.4. The van der Waals surface area contributed by atoms with Crippen molar-refractivity contribution >= 4 is 11.7 Å². The van der Waals surface area contributed by atoms with Gasteiger partial charge >= 0.3 is 0 Å². The summed E-state index contributed by atoms with van der Waals surface area (Å²) in [6.07, 6.45) is 3.40. The van der Waals surface area contributed by atoms with E-state index in [2.05, 4.69) is 27.6 Å². The average Bonchev–Trinajstić information content (AvgIpc) is 3.39. The third-order valence-electron chi connectivity index (χ3n) is 4.22. The van der Waals surface area contributed by atoms with Crippen LogP contribution in [0.5, 0.6) is 0 Å². The van der Waals surface area contributed by atoms with Gasteiger partial charge < -0.3 is 5.32 Å². The van der Waals surface area contributed by atoms with Gasteiger partial charge in [0.15, 0.2) is 5.82 Å². The van der Waals surface area contributed by atoms with Crippen molar-refractivity contribution in [2.75, 3.05) is 5.32 Å². The molecule has 4 nitrogen and oxygen atoms in total. The SMILES string of the molecule is O=C(Nc1cc(C2CC2)[nH]n1)C1CC1c1ccccc1. The van der Waals surface area contributed by atoms with Crippen LogP contribution in [0.2, 0.25) is 0 Å². The van der Waals surface area contributed by atoms with Gasteiger partial charge in [0.2, 0.25) is 5.91 Å². The van der Waals surface area contributed by atoms with E-state index in [9.17, 15) is 4.79 Å². The van der Waals surface area contributed by atoms with Crippen LogP contribution in [-0.2, 0) is 4.79 Å². The van der Waals surface area contributed by atoms with Crippen LogP contribution in [0.15, 0.2) is 36.4 Å². The molecule has 102 valence electrons. The van der Waals surface area contributed by atoms with E-state index in [0.717, 1.165) is 12.1 Å². The highest BCUT2D eigenvalue weighted by Gasteiger charge is 2.44. The maximum absolute atomic E-state index is 12.2. The minimum atomic E-state index is 0.0905. The molecule has 1 aromatic carbocycles. The van der Waals surface area contributed by atoms with E-state index < -0.39 is 0 Å². The minimum absolute atomic E-state index is 0.0905. The second-order valence-electron chi connectivity index (χ2n) is 5.83. The third kappa shape index (κ3) is 2.22. The predicted octanol–water partition coefficient (Wildman–Crippen LogP) is 3.03. The van der Waals surface area contributed by atoms with Crippen molar-refractivity contribution in [3.8, 4) is 0 Å². The summed E-state index contributed by atoms with van der Waals surface area (Å²) >= 11 is 0. The molecule has 0 aliphatic heterocycles. The molecule has 20 heavy (non-hydrogen) atoms. The lowest BCUT2D eigenvalue weighted by Gasteiger charge is -2.01. The summed E-state index contributed by atoms with van der Waals surface area (Å²) in [6, 6.07) is 12.2. The molecule has 0 radical (unpaired) electrons. The average molecular weight is 267 g/mol. The molecule has 2 fully saturated rings. The van der Waals surface area contributed by atoms with Crippen molar-refractivity contribution in [3.63, 3.8) is 0 Å². The second-order valence-corrected chi connectivity index (χ2v) is 5.83. The van der Waals surface area contributed by atoms with E-state index in [1.807, 2.05) is 24.3 Å². The molecule has 2 aliphatic carbocycles. The lowest BCUT2D eigenvalue weighted by Crippen LogP contribution is -2.14. The van der Waals surface area contributed by atoms with Gasteiger partial charge in [-0.25, -0.2) is 0 Å². The van der Waals surface area contributed by atoms with Crippen molar-refractivity contribution in [3.05, 3.63) is 47.7 Å². The highest BCUT2D eigenvalue weighted by molar-refractivity contribution is 5.94. The van der Waals surface area contributed by atoms with Gasteiger partial charge in [-0.15, -0.1) is 0 Å². The summed E-state index contributed by atoms with van der Waals surface area (Å²) in [5, 5.41) is 10.1. The molecule has 4 heteroatoms. The summed E-state index contributed by atoms with van der Waals surface area (Å²) in [5.41, 5.74) is 2.41. The number of aromatic nitrogens is 2. The van der Waals surface area contributed by atoms with Crippen LogP contribution in [0.4, 0.5) is 5.82 Å². The molecule has 2 saturated carbocycles. The van der Waals surface area contributed by atoms with E-state index in [1.54, 1.807) is 0 Å². The van der Waals surface area contributed by atoms with Gasteiger partial charge in [0, 0.05) is 23.6 Å². The van der Waals surface area contributed by atoms with E-state index in [1.165, 1.54) is 18.4 Å². The van der Waals surface area contributed by atoms with Gasteiger partial charge in [0.05, 0.1) is 0 Å². The maximum atomic E-state index is 12.2. The molecule has 2 aromatic rings. The van der Waals surface area contributed by atoms with Crippen LogP contribution >= 0.6 is 0 Å². The second kappa shape index (κ2) is 4.47. The first-order valence-corrected chi connectivity index (χ1v) is 7.22. The summed E-state index contributed by atoms with van der Waals surface area (Å²) in [5.74, 6) is 1.85. The minimum Gasteiger partial charge on any atom is -0.309 e. The van der Waals surface area contributed by atoms with E-state index in [4.69, 9.17) is 0 Å². The Hall–Kier alpha value is -2.10. The van der Waals surface area contributed by atoms with Crippen molar-refractivity contribution in [2.24, 2.45) is 5.92 Å². The predicted molar refractivity (Wildman–Crippen MR) is 76.5 cm³/mol. The molecule has 4 rings (SSSR count). The summed E-state index contributed by atoms with van der Waals surface area (Å²) < 4.78 is 0. The largest absolute Gasteiger partial charge is 0.309 e. The Morgan fingerprint density at radius 3 is 2.80 bits per heavy atom. The number of carbonyl (C=O) groups excluding carboxylic acids is 1. The van der Waals surface area contributed by atoms with Crippen molar-refractivity contribution in [2.45, 2.75) is 31.1 Å². The number of rotatable bonds is 4. The van der Waals surface area contributed by atoms with Crippen LogP contribution in [-0.4, -0.2) is 16.1 Å². The highest BCUT2D eigenvalue weighted by Crippen LogP contribution is 2.48. The van der Waals surface area contributed by atoms with E-state index in [0.29, 0.717) is 17.7 Å². The molecule has 2 unspecified atom stereocenters. The number of amides is 1. The molecule has 0 saturated heterocycles. The smallest absolute Gasteiger partial charge is 0.229 e. The van der Waals surface area contributed by atoms with Crippen LogP contribution < -0.4 is 5.32 Å². The summed E-state index contributed by atoms with van der Waals surface area (Å²) in [4.78, 5) is 12.2. The Balaban J connectivity index is 1.39. The van der Waals surface area contributed by atoms with Crippen LogP contribution in [0.1, 0.15) is 42.4 Å². The number of nitrogens with one attached hydrogen (secondary N) is 2. The number of nitrogens with zero attached hydrogens (tertiary/aromatic N) is 1. The fraction of sp³-hybridized carbons (Fsp3) is 0.375. The molecule has 2 atom stereocenters. The zero-order valence-corrected chi connectivity index (χ0v) is 11.2. The molecule has 1 amide bonds. The number of carbonyl (C=O) groups is 1. The van der Waals surface area contributed by atoms with Gasteiger partial charge in [-0.2, -0.15) is 5.10 Å². The Kier molecular flexibility index (Phi) is 2.62. The Morgan fingerprint density at radius 2 is 2.05 bits per heavy atom. The molecular formula is C16H17N3O. The van der Waals surface area contributed by atoms with E-state index in [-0.39, 0.29) is 11.8 Å². The molecule has 0 spiro atoms. The Bertz CT molecular complexity index is 630. The van der Waals surface area contributed by atoms with Gasteiger partial charge in [-0.3, -0.25) is 9.89 Å². The summed E-state index contributed by atoms with van der Waals surface area (Å²) in [6.45, 7) is 0. The lowest BCUT2D eigenvalue weighted by molar-refractivity contribution is -0.117. The first-order valence-electron chi connectivity index (χ1n) is 7.22. The van der Waals surface area contributed by atoms with Crippen molar-refractivity contribution in [1.82, 2.24) is 10.2 Å². The zero-order valence-electron chi connectivity index (χ0n) is 11.2.